The molecule has 0 aliphatic heterocycles. The van der Waals surface area contributed by atoms with Gasteiger partial charge in [-0.2, -0.15) is 0 Å². The van der Waals surface area contributed by atoms with Crippen LogP contribution in [0.1, 0.15) is 18.6 Å². The van der Waals surface area contributed by atoms with E-state index in [1.807, 2.05) is 13.0 Å². The average Bonchev–Trinajstić information content (AvgIpc) is 2.18. The Bertz CT molecular complexity index is 272. The number of hydrogen-bond donors (Lipinski definition) is 2. The first-order chi connectivity index (χ1) is 6.25. The lowest BCUT2D eigenvalue weighted by atomic mass is 10.1. The highest BCUT2D eigenvalue weighted by Crippen LogP contribution is 2.11. The number of benzene rings is 1. The molecule has 1 unspecified atom stereocenters. The highest BCUT2D eigenvalue weighted by molar-refractivity contribution is 5.81. The second-order valence-electron chi connectivity index (χ2n) is 2.71. The fourth-order valence-corrected chi connectivity index (χ4v) is 1.06. The Morgan fingerprint density at radius 3 is 2.62 bits per heavy atom. The Labute approximate surface area is 77.4 Å². The van der Waals surface area contributed by atoms with Gasteiger partial charge in [-0.3, -0.25) is 4.79 Å². The zero-order valence-corrected chi connectivity index (χ0v) is 7.53. The number of carbonyl (C=O) groups is 1. The monoisotopic (exact) mass is 179 g/mol. The predicted molar refractivity (Wildman–Crippen MR) is 50.1 cm³/mol. The molecule has 0 aromatic heterocycles. The topological polar surface area (TPSA) is 49.3 Å². The molecule has 0 aliphatic carbocycles. The first-order valence-corrected chi connectivity index (χ1v) is 4.26. The molecule has 2 N–H and O–H groups in total. The summed E-state index contributed by atoms with van der Waals surface area (Å²) in [5.41, 5.74) is 0.619. The first kappa shape index (κ1) is 9.74. The summed E-state index contributed by atoms with van der Waals surface area (Å²) in [4.78, 5) is 11.2. The molecular formula is C10H13NO2. The summed E-state index contributed by atoms with van der Waals surface area (Å²) in [5, 5.41) is 12.1. The molecule has 0 bridgehead atoms. The van der Waals surface area contributed by atoms with Gasteiger partial charge in [-0.15, -0.1) is 0 Å². The van der Waals surface area contributed by atoms with E-state index in [2.05, 4.69) is 5.32 Å². The quantitative estimate of drug-likeness (QED) is 0.723. The van der Waals surface area contributed by atoms with Crippen LogP contribution < -0.4 is 5.32 Å². The molecule has 1 aromatic carbocycles. The molecule has 0 spiro atoms. The molecular weight excluding hydrogens is 166 g/mol. The van der Waals surface area contributed by atoms with Crippen molar-refractivity contribution in [2.75, 3.05) is 6.54 Å². The van der Waals surface area contributed by atoms with E-state index in [0.29, 0.717) is 12.1 Å². The number of aliphatic hydroxyl groups excluding tert-OH is 1. The lowest BCUT2D eigenvalue weighted by molar-refractivity contribution is -0.129. The second-order valence-corrected chi connectivity index (χ2v) is 2.71. The van der Waals surface area contributed by atoms with Crippen LogP contribution in [0, 0.1) is 0 Å². The highest BCUT2D eigenvalue weighted by Gasteiger charge is 2.14. The van der Waals surface area contributed by atoms with Crippen LogP contribution in [0.25, 0.3) is 0 Å². The van der Waals surface area contributed by atoms with Crippen LogP contribution in [0.15, 0.2) is 30.3 Å². The molecule has 1 rings (SSSR count). The Hall–Kier alpha value is -1.35. The van der Waals surface area contributed by atoms with Crippen LogP contribution in [0.5, 0.6) is 0 Å². The van der Waals surface area contributed by atoms with Gasteiger partial charge in [-0.1, -0.05) is 30.3 Å². The summed E-state index contributed by atoms with van der Waals surface area (Å²) in [5.74, 6) is -0.353. The van der Waals surface area contributed by atoms with Gasteiger partial charge in [0.1, 0.15) is 0 Å². The van der Waals surface area contributed by atoms with E-state index in [1.54, 1.807) is 24.3 Å². The van der Waals surface area contributed by atoms with Crippen LogP contribution in [-0.2, 0) is 4.79 Å². The molecule has 0 radical (unpaired) electrons. The van der Waals surface area contributed by atoms with E-state index < -0.39 is 6.10 Å². The van der Waals surface area contributed by atoms with E-state index in [4.69, 9.17) is 0 Å². The standard InChI is InChI=1S/C10H13NO2/c1-2-11-10(13)9(12)8-6-4-3-5-7-8/h3-7,9,12H,2H2,1H3,(H,11,13). The van der Waals surface area contributed by atoms with Crippen molar-refractivity contribution < 1.29 is 9.90 Å². The maximum atomic E-state index is 11.2. The number of rotatable bonds is 3. The van der Waals surface area contributed by atoms with E-state index in [9.17, 15) is 9.90 Å². The largest absolute Gasteiger partial charge is 0.378 e. The second kappa shape index (κ2) is 4.62. The molecule has 0 saturated heterocycles. The molecule has 0 fully saturated rings. The molecule has 0 heterocycles. The van der Waals surface area contributed by atoms with Gasteiger partial charge in [0.05, 0.1) is 0 Å². The van der Waals surface area contributed by atoms with Gasteiger partial charge in [0.2, 0.25) is 0 Å². The summed E-state index contributed by atoms with van der Waals surface area (Å²) in [7, 11) is 0. The minimum absolute atomic E-state index is 0.353. The van der Waals surface area contributed by atoms with Crippen molar-refractivity contribution in [1.29, 1.82) is 0 Å². The summed E-state index contributed by atoms with van der Waals surface area (Å²) < 4.78 is 0. The summed E-state index contributed by atoms with van der Waals surface area (Å²) in [6.07, 6.45) is -1.05. The Balaban J connectivity index is 2.68. The molecule has 0 saturated carbocycles. The Morgan fingerprint density at radius 2 is 2.08 bits per heavy atom. The fourth-order valence-electron chi connectivity index (χ4n) is 1.06. The third-order valence-electron chi connectivity index (χ3n) is 1.71. The Morgan fingerprint density at radius 1 is 1.46 bits per heavy atom. The maximum absolute atomic E-state index is 11.2. The van der Waals surface area contributed by atoms with Crippen molar-refractivity contribution in [3.8, 4) is 0 Å². The van der Waals surface area contributed by atoms with Gasteiger partial charge in [0.25, 0.3) is 5.91 Å². The molecule has 0 aliphatic rings. The minimum atomic E-state index is -1.05. The van der Waals surface area contributed by atoms with Crippen LogP contribution in [0.2, 0.25) is 0 Å². The molecule has 1 aromatic rings. The van der Waals surface area contributed by atoms with E-state index in [0.717, 1.165) is 0 Å². The van der Waals surface area contributed by atoms with Gasteiger partial charge in [-0.05, 0) is 12.5 Å². The number of hydrogen-bond acceptors (Lipinski definition) is 2. The van der Waals surface area contributed by atoms with E-state index >= 15 is 0 Å². The zero-order valence-electron chi connectivity index (χ0n) is 7.53. The fraction of sp³-hybridized carbons (Fsp3) is 0.300. The van der Waals surface area contributed by atoms with Crippen LogP contribution in [0.3, 0.4) is 0 Å². The van der Waals surface area contributed by atoms with E-state index in [-0.39, 0.29) is 5.91 Å². The van der Waals surface area contributed by atoms with Gasteiger partial charge < -0.3 is 10.4 Å². The third kappa shape index (κ3) is 2.56. The van der Waals surface area contributed by atoms with Crippen molar-refractivity contribution in [2.45, 2.75) is 13.0 Å². The van der Waals surface area contributed by atoms with Crippen molar-refractivity contribution >= 4 is 5.91 Å². The third-order valence-corrected chi connectivity index (χ3v) is 1.71. The molecule has 70 valence electrons. The number of likely N-dealkylation sites (N-methyl/N-ethyl adjacent to an activating group) is 1. The van der Waals surface area contributed by atoms with Crippen molar-refractivity contribution in [2.24, 2.45) is 0 Å². The first-order valence-electron chi connectivity index (χ1n) is 4.26. The molecule has 3 nitrogen and oxygen atoms in total. The van der Waals surface area contributed by atoms with Crippen LogP contribution in [0.4, 0.5) is 0 Å². The minimum Gasteiger partial charge on any atom is -0.378 e. The summed E-state index contributed by atoms with van der Waals surface area (Å²) in [6.45, 7) is 2.35. The molecule has 3 heteroatoms. The van der Waals surface area contributed by atoms with E-state index in [1.165, 1.54) is 0 Å². The average molecular weight is 179 g/mol. The zero-order chi connectivity index (χ0) is 9.68. The maximum Gasteiger partial charge on any atom is 0.253 e. The van der Waals surface area contributed by atoms with Gasteiger partial charge in [-0.25, -0.2) is 0 Å². The number of amides is 1. The van der Waals surface area contributed by atoms with Gasteiger partial charge in [0, 0.05) is 6.54 Å². The van der Waals surface area contributed by atoms with Crippen molar-refractivity contribution in [3.63, 3.8) is 0 Å². The lowest BCUT2D eigenvalue weighted by Crippen LogP contribution is -2.28. The smallest absolute Gasteiger partial charge is 0.253 e. The SMILES string of the molecule is CCNC(=O)C(O)c1ccccc1. The number of carbonyl (C=O) groups excluding carboxylic acids is 1. The highest BCUT2D eigenvalue weighted by atomic mass is 16.3. The van der Waals surface area contributed by atoms with Crippen molar-refractivity contribution in [3.05, 3.63) is 35.9 Å². The van der Waals surface area contributed by atoms with Gasteiger partial charge >= 0.3 is 0 Å². The summed E-state index contributed by atoms with van der Waals surface area (Å²) >= 11 is 0. The van der Waals surface area contributed by atoms with Crippen LogP contribution in [-0.4, -0.2) is 17.6 Å². The number of aliphatic hydroxyl groups is 1. The predicted octanol–water partition coefficient (Wildman–Crippen LogP) is 0.856. The lowest BCUT2D eigenvalue weighted by Gasteiger charge is -2.09. The van der Waals surface area contributed by atoms with Crippen molar-refractivity contribution in [1.82, 2.24) is 5.32 Å². The summed E-state index contributed by atoms with van der Waals surface area (Å²) in [6, 6.07) is 8.86. The molecule has 1 atom stereocenters. The normalized spacial score (nSPS) is 12.2. The van der Waals surface area contributed by atoms with Gasteiger partial charge in [0.15, 0.2) is 6.10 Å². The Kier molecular flexibility index (Phi) is 3.46. The number of nitrogens with one attached hydrogen (secondary N) is 1. The molecule has 13 heavy (non-hydrogen) atoms. The van der Waals surface area contributed by atoms with Crippen LogP contribution >= 0.6 is 0 Å². The molecule has 1 amide bonds.